The Bertz CT molecular complexity index is 472. The van der Waals surface area contributed by atoms with E-state index in [-0.39, 0.29) is 0 Å². The van der Waals surface area contributed by atoms with Crippen molar-refractivity contribution in [2.24, 2.45) is 0 Å². The van der Waals surface area contributed by atoms with Crippen molar-refractivity contribution in [2.45, 2.75) is 25.8 Å². The van der Waals surface area contributed by atoms with Crippen molar-refractivity contribution in [3.8, 4) is 11.5 Å². The first kappa shape index (κ1) is 13.4. The lowest BCUT2D eigenvalue weighted by Gasteiger charge is -2.25. The van der Waals surface area contributed by atoms with Crippen LogP contribution in [0.3, 0.4) is 0 Å². The number of anilines is 2. The van der Waals surface area contributed by atoms with E-state index in [0.29, 0.717) is 24.9 Å². The Kier molecular flexibility index (Phi) is 3.87. The number of nitrogens with two attached hydrogens (primary N) is 1. The predicted octanol–water partition coefficient (Wildman–Crippen LogP) is 1.94. The molecule has 1 aromatic rings. The van der Waals surface area contributed by atoms with Gasteiger partial charge in [-0.05, 0) is 32.9 Å². The van der Waals surface area contributed by atoms with Gasteiger partial charge in [0.25, 0.3) is 0 Å². The summed E-state index contributed by atoms with van der Waals surface area (Å²) in [5.74, 6) is 1.52. The van der Waals surface area contributed by atoms with E-state index in [9.17, 15) is 0 Å². The second-order valence-electron chi connectivity index (χ2n) is 5.56. The molecule has 0 aliphatic carbocycles. The van der Waals surface area contributed by atoms with Crippen LogP contribution in [0.25, 0.3) is 0 Å². The maximum Gasteiger partial charge on any atom is 0.163 e. The molecule has 1 aromatic carbocycles. The second-order valence-corrected chi connectivity index (χ2v) is 5.56. The van der Waals surface area contributed by atoms with Gasteiger partial charge in [0.05, 0.1) is 11.4 Å². The summed E-state index contributed by atoms with van der Waals surface area (Å²) >= 11 is 0. The quantitative estimate of drug-likeness (QED) is 0.824. The van der Waals surface area contributed by atoms with E-state index in [2.05, 4.69) is 17.1 Å². The molecule has 3 rings (SSSR count). The number of ether oxygens (including phenoxy) is 2. The number of nitrogen functional groups attached to an aromatic ring is 1. The normalized spacial score (nSPS) is 19.9. The summed E-state index contributed by atoms with van der Waals surface area (Å²) in [6.07, 6.45) is 2.63. The van der Waals surface area contributed by atoms with Crippen LogP contribution >= 0.6 is 0 Å². The Morgan fingerprint density at radius 1 is 1.20 bits per heavy atom. The summed E-state index contributed by atoms with van der Waals surface area (Å²) in [5, 5.41) is 3.44. The highest BCUT2D eigenvalue weighted by Gasteiger charge is 2.19. The van der Waals surface area contributed by atoms with Crippen LogP contribution < -0.4 is 20.5 Å². The number of fused-ring (bicyclic) bond motifs is 1. The third-order valence-corrected chi connectivity index (χ3v) is 4.07. The van der Waals surface area contributed by atoms with Crippen molar-refractivity contribution < 1.29 is 9.47 Å². The highest BCUT2D eigenvalue weighted by molar-refractivity contribution is 5.72. The van der Waals surface area contributed by atoms with Crippen LogP contribution in [0.2, 0.25) is 0 Å². The largest absolute Gasteiger partial charge is 0.486 e. The third-order valence-electron chi connectivity index (χ3n) is 4.07. The molecule has 110 valence electrons. The lowest BCUT2D eigenvalue weighted by Crippen LogP contribution is -2.35. The van der Waals surface area contributed by atoms with E-state index in [1.165, 1.54) is 25.9 Å². The molecule has 0 amide bonds. The SMILES string of the molecule is CC(CNc1cc2c(cc1N)OCCO2)N1CCCC1. The Hall–Kier alpha value is -1.62. The molecule has 5 heteroatoms. The highest BCUT2D eigenvalue weighted by Crippen LogP contribution is 2.36. The lowest BCUT2D eigenvalue weighted by molar-refractivity contribution is 0.172. The fourth-order valence-electron chi connectivity index (χ4n) is 2.83. The summed E-state index contributed by atoms with van der Waals surface area (Å²) in [7, 11) is 0. The van der Waals surface area contributed by atoms with Gasteiger partial charge in [-0.1, -0.05) is 0 Å². The number of hydrogen-bond acceptors (Lipinski definition) is 5. The number of hydrogen-bond donors (Lipinski definition) is 2. The third kappa shape index (κ3) is 2.77. The zero-order valence-corrected chi connectivity index (χ0v) is 12.0. The van der Waals surface area contributed by atoms with Gasteiger partial charge in [-0.25, -0.2) is 0 Å². The molecule has 5 nitrogen and oxygen atoms in total. The number of benzene rings is 1. The fraction of sp³-hybridized carbons (Fsp3) is 0.600. The van der Waals surface area contributed by atoms with Gasteiger partial charge in [0, 0.05) is 24.7 Å². The number of rotatable bonds is 4. The highest BCUT2D eigenvalue weighted by atomic mass is 16.6. The summed E-state index contributed by atoms with van der Waals surface area (Å²) in [6.45, 7) is 6.75. The van der Waals surface area contributed by atoms with E-state index in [0.717, 1.165) is 23.7 Å². The van der Waals surface area contributed by atoms with E-state index in [1.807, 2.05) is 12.1 Å². The van der Waals surface area contributed by atoms with Crippen LogP contribution in [-0.4, -0.2) is 43.8 Å². The monoisotopic (exact) mass is 277 g/mol. The van der Waals surface area contributed by atoms with Crippen molar-refractivity contribution in [3.63, 3.8) is 0 Å². The first-order valence-corrected chi connectivity index (χ1v) is 7.41. The smallest absolute Gasteiger partial charge is 0.163 e. The maximum absolute atomic E-state index is 6.07. The summed E-state index contributed by atoms with van der Waals surface area (Å²) in [6, 6.07) is 4.31. The topological polar surface area (TPSA) is 59.8 Å². The minimum absolute atomic E-state index is 0.519. The molecule has 0 saturated carbocycles. The van der Waals surface area contributed by atoms with Gasteiger partial charge in [0.15, 0.2) is 11.5 Å². The molecule has 0 bridgehead atoms. The van der Waals surface area contributed by atoms with Crippen molar-refractivity contribution in [1.29, 1.82) is 0 Å². The van der Waals surface area contributed by atoms with E-state index < -0.39 is 0 Å². The van der Waals surface area contributed by atoms with E-state index in [4.69, 9.17) is 15.2 Å². The molecule has 1 saturated heterocycles. The Morgan fingerprint density at radius 2 is 1.85 bits per heavy atom. The van der Waals surface area contributed by atoms with Crippen LogP contribution in [0.15, 0.2) is 12.1 Å². The average molecular weight is 277 g/mol. The minimum Gasteiger partial charge on any atom is -0.486 e. The van der Waals surface area contributed by atoms with Gasteiger partial charge >= 0.3 is 0 Å². The first-order valence-electron chi connectivity index (χ1n) is 7.41. The van der Waals surface area contributed by atoms with Crippen LogP contribution in [0, 0.1) is 0 Å². The van der Waals surface area contributed by atoms with Crippen molar-refractivity contribution in [2.75, 3.05) is 43.9 Å². The van der Waals surface area contributed by atoms with Gasteiger partial charge in [-0.2, -0.15) is 0 Å². The zero-order valence-electron chi connectivity index (χ0n) is 12.0. The van der Waals surface area contributed by atoms with Crippen LogP contribution in [0.4, 0.5) is 11.4 Å². The molecular formula is C15H23N3O2. The molecule has 3 N–H and O–H groups in total. The summed E-state index contributed by atoms with van der Waals surface area (Å²) in [5.41, 5.74) is 7.71. The molecule has 1 fully saturated rings. The molecule has 2 aliphatic heterocycles. The molecule has 0 aromatic heterocycles. The molecule has 0 spiro atoms. The van der Waals surface area contributed by atoms with Crippen molar-refractivity contribution >= 4 is 11.4 Å². The fourth-order valence-corrected chi connectivity index (χ4v) is 2.83. The number of likely N-dealkylation sites (tertiary alicyclic amines) is 1. The number of nitrogens with one attached hydrogen (secondary N) is 1. The molecular weight excluding hydrogens is 254 g/mol. The zero-order chi connectivity index (χ0) is 13.9. The predicted molar refractivity (Wildman–Crippen MR) is 80.6 cm³/mol. The Balaban J connectivity index is 1.64. The molecule has 1 atom stereocenters. The van der Waals surface area contributed by atoms with Crippen LogP contribution in [0.5, 0.6) is 11.5 Å². The lowest BCUT2D eigenvalue weighted by atomic mass is 10.2. The van der Waals surface area contributed by atoms with Gasteiger partial charge in [-0.15, -0.1) is 0 Å². The molecule has 2 heterocycles. The van der Waals surface area contributed by atoms with Gasteiger partial charge in [-0.3, -0.25) is 4.90 Å². The molecule has 1 unspecified atom stereocenters. The molecule has 2 aliphatic rings. The Morgan fingerprint density at radius 3 is 2.55 bits per heavy atom. The first-order chi connectivity index (χ1) is 9.74. The minimum atomic E-state index is 0.519. The number of nitrogens with zero attached hydrogens (tertiary/aromatic N) is 1. The average Bonchev–Trinajstić information content (AvgIpc) is 2.99. The van der Waals surface area contributed by atoms with Gasteiger partial charge < -0.3 is 20.5 Å². The van der Waals surface area contributed by atoms with Crippen LogP contribution in [-0.2, 0) is 0 Å². The second kappa shape index (κ2) is 5.79. The van der Waals surface area contributed by atoms with E-state index in [1.54, 1.807) is 0 Å². The molecule has 0 radical (unpaired) electrons. The summed E-state index contributed by atoms with van der Waals surface area (Å²) < 4.78 is 11.1. The maximum atomic E-state index is 6.07. The van der Waals surface area contributed by atoms with Crippen molar-refractivity contribution in [1.82, 2.24) is 4.90 Å². The van der Waals surface area contributed by atoms with E-state index >= 15 is 0 Å². The van der Waals surface area contributed by atoms with Crippen molar-refractivity contribution in [3.05, 3.63) is 12.1 Å². The summed E-state index contributed by atoms with van der Waals surface area (Å²) in [4.78, 5) is 2.52. The van der Waals surface area contributed by atoms with Crippen LogP contribution in [0.1, 0.15) is 19.8 Å². The standard InChI is InChI=1S/C15H23N3O2/c1-11(18-4-2-3-5-18)10-17-13-9-15-14(8-12(13)16)19-6-7-20-15/h8-9,11,17H,2-7,10,16H2,1H3. The molecule has 20 heavy (non-hydrogen) atoms. The van der Waals surface area contributed by atoms with Gasteiger partial charge in [0.2, 0.25) is 0 Å². The van der Waals surface area contributed by atoms with Gasteiger partial charge in [0.1, 0.15) is 13.2 Å². The Labute approximate surface area is 120 Å².